The van der Waals surface area contributed by atoms with E-state index in [9.17, 15) is 0 Å². The maximum Gasteiger partial charge on any atom is 0.0905 e. The van der Waals surface area contributed by atoms with Gasteiger partial charge in [0.25, 0.3) is 0 Å². The fourth-order valence-corrected chi connectivity index (χ4v) is 4.00. The van der Waals surface area contributed by atoms with Crippen LogP contribution >= 0.6 is 0 Å². The molecule has 3 rings (SSSR count). The van der Waals surface area contributed by atoms with Gasteiger partial charge >= 0.3 is 0 Å². The van der Waals surface area contributed by atoms with Crippen molar-refractivity contribution in [1.29, 1.82) is 0 Å². The van der Waals surface area contributed by atoms with Crippen molar-refractivity contribution in [3.8, 4) is 11.3 Å². The molecule has 132 valence electrons. The Hall–Kier alpha value is -2.29. The largest absolute Gasteiger partial charge is 0.369 e. The average Bonchev–Trinajstić information content (AvgIpc) is 2.95. The molecule has 25 heavy (non-hydrogen) atoms. The minimum atomic E-state index is 0.943. The van der Waals surface area contributed by atoms with Gasteiger partial charge < -0.3 is 4.90 Å². The van der Waals surface area contributed by atoms with Crippen LogP contribution in [0.3, 0.4) is 0 Å². The van der Waals surface area contributed by atoms with Crippen LogP contribution < -0.4 is 4.90 Å². The highest BCUT2D eigenvalue weighted by atomic mass is 15.3. The second kappa shape index (κ2) is 6.91. The summed E-state index contributed by atoms with van der Waals surface area (Å²) in [5.74, 6) is 0. The molecule has 0 fully saturated rings. The molecule has 0 atom stereocenters. The lowest BCUT2D eigenvalue weighted by Gasteiger charge is -2.21. The maximum absolute atomic E-state index is 5.00. The van der Waals surface area contributed by atoms with Crippen LogP contribution in [0.4, 0.5) is 5.69 Å². The zero-order valence-corrected chi connectivity index (χ0v) is 16.3. The van der Waals surface area contributed by atoms with Gasteiger partial charge in [0, 0.05) is 18.7 Å². The molecular formula is C22H29N3. The minimum Gasteiger partial charge on any atom is -0.369 e. The summed E-state index contributed by atoms with van der Waals surface area (Å²) >= 11 is 0. The third-order valence-electron chi connectivity index (χ3n) is 5.05. The zero-order chi connectivity index (χ0) is 18.1. The Morgan fingerprint density at radius 2 is 1.60 bits per heavy atom. The summed E-state index contributed by atoms with van der Waals surface area (Å²) < 4.78 is 2.15. The molecule has 0 N–H and O–H groups in total. The van der Waals surface area contributed by atoms with Crippen LogP contribution in [0.5, 0.6) is 0 Å². The van der Waals surface area contributed by atoms with Crippen molar-refractivity contribution >= 4 is 11.2 Å². The zero-order valence-electron chi connectivity index (χ0n) is 16.3. The molecule has 0 aliphatic carbocycles. The summed E-state index contributed by atoms with van der Waals surface area (Å²) in [7, 11) is 0. The van der Waals surface area contributed by atoms with Gasteiger partial charge in [0.2, 0.25) is 0 Å². The first-order valence-electron chi connectivity index (χ1n) is 9.35. The summed E-state index contributed by atoms with van der Waals surface area (Å²) in [6.45, 7) is 15.2. The lowest BCUT2D eigenvalue weighted by molar-refractivity contribution is 0.852. The molecule has 3 aromatic rings. The van der Waals surface area contributed by atoms with E-state index in [2.05, 4.69) is 81.3 Å². The van der Waals surface area contributed by atoms with Crippen molar-refractivity contribution in [1.82, 2.24) is 9.61 Å². The third kappa shape index (κ3) is 2.92. The molecule has 3 heteroatoms. The molecule has 0 bridgehead atoms. The van der Waals surface area contributed by atoms with Gasteiger partial charge in [-0.3, -0.25) is 0 Å². The number of nitrogens with zero attached hydrogens (tertiary/aromatic N) is 3. The van der Waals surface area contributed by atoms with Gasteiger partial charge in [0.15, 0.2) is 0 Å². The Labute approximate surface area is 151 Å². The van der Waals surface area contributed by atoms with Crippen molar-refractivity contribution < 1.29 is 0 Å². The van der Waals surface area contributed by atoms with E-state index in [4.69, 9.17) is 5.10 Å². The lowest BCUT2D eigenvalue weighted by Crippen LogP contribution is -2.22. The predicted octanol–water partition coefficient (Wildman–Crippen LogP) is 5.34. The Kier molecular flexibility index (Phi) is 4.85. The molecule has 0 aliphatic rings. The highest BCUT2D eigenvalue weighted by Crippen LogP contribution is 2.33. The van der Waals surface area contributed by atoms with E-state index in [-0.39, 0.29) is 0 Å². The number of hydrogen-bond donors (Lipinski definition) is 0. The van der Waals surface area contributed by atoms with Crippen LogP contribution in [0, 0.1) is 20.8 Å². The quantitative estimate of drug-likeness (QED) is 0.628. The third-order valence-corrected chi connectivity index (χ3v) is 5.05. The second-order valence-electron chi connectivity index (χ2n) is 6.80. The Morgan fingerprint density at radius 3 is 2.16 bits per heavy atom. The summed E-state index contributed by atoms with van der Waals surface area (Å²) in [4.78, 5) is 2.42. The monoisotopic (exact) mass is 335 g/mol. The van der Waals surface area contributed by atoms with Crippen LogP contribution in [0.15, 0.2) is 30.3 Å². The van der Waals surface area contributed by atoms with Crippen LogP contribution in [0.25, 0.3) is 16.8 Å². The predicted molar refractivity (Wildman–Crippen MR) is 108 cm³/mol. The van der Waals surface area contributed by atoms with Crippen molar-refractivity contribution in [3.05, 3.63) is 52.7 Å². The van der Waals surface area contributed by atoms with Crippen LogP contribution in [-0.4, -0.2) is 22.7 Å². The van der Waals surface area contributed by atoms with E-state index in [0.717, 1.165) is 19.5 Å². The van der Waals surface area contributed by atoms with E-state index in [0.29, 0.717) is 0 Å². The highest BCUT2D eigenvalue weighted by molar-refractivity contribution is 5.80. The maximum atomic E-state index is 5.00. The Bertz CT molecular complexity index is 878. The topological polar surface area (TPSA) is 20.5 Å². The smallest absolute Gasteiger partial charge is 0.0905 e. The fraction of sp³-hybridized carbons (Fsp3) is 0.409. The van der Waals surface area contributed by atoms with E-state index in [1.165, 1.54) is 44.8 Å². The van der Waals surface area contributed by atoms with Crippen molar-refractivity contribution in [3.63, 3.8) is 0 Å². The van der Waals surface area contributed by atoms with Crippen molar-refractivity contribution in [2.75, 3.05) is 18.0 Å². The average molecular weight is 335 g/mol. The Morgan fingerprint density at radius 1 is 0.960 bits per heavy atom. The molecule has 2 heterocycles. The number of fused-ring (bicyclic) bond motifs is 1. The van der Waals surface area contributed by atoms with E-state index in [1.807, 2.05) is 0 Å². The van der Waals surface area contributed by atoms with E-state index < -0.39 is 0 Å². The van der Waals surface area contributed by atoms with Gasteiger partial charge in [-0.1, -0.05) is 30.7 Å². The SMILES string of the molecule is CCc1nn2c(-c3c(C)cc(C)cc3C)cccc2c1N(CC)CC. The summed E-state index contributed by atoms with van der Waals surface area (Å²) in [5, 5.41) is 5.00. The van der Waals surface area contributed by atoms with Crippen LogP contribution in [-0.2, 0) is 6.42 Å². The molecule has 0 unspecified atom stereocenters. The van der Waals surface area contributed by atoms with Gasteiger partial charge in [-0.05, 0) is 64.3 Å². The van der Waals surface area contributed by atoms with Gasteiger partial charge in [0.1, 0.15) is 0 Å². The van der Waals surface area contributed by atoms with Gasteiger partial charge in [-0.15, -0.1) is 0 Å². The van der Waals surface area contributed by atoms with E-state index >= 15 is 0 Å². The first-order chi connectivity index (χ1) is 12.0. The number of hydrogen-bond acceptors (Lipinski definition) is 2. The normalized spacial score (nSPS) is 11.3. The molecule has 2 aromatic heterocycles. The molecular weight excluding hydrogens is 306 g/mol. The molecule has 0 amide bonds. The second-order valence-corrected chi connectivity index (χ2v) is 6.80. The van der Waals surface area contributed by atoms with E-state index in [1.54, 1.807) is 0 Å². The number of pyridine rings is 1. The number of aromatic nitrogens is 2. The number of rotatable bonds is 5. The summed E-state index contributed by atoms with van der Waals surface area (Å²) in [5.41, 5.74) is 10.1. The van der Waals surface area contributed by atoms with Crippen LogP contribution in [0.1, 0.15) is 43.2 Å². The molecule has 0 aliphatic heterocycles. The number of anilines is 1. The molecule has 0 spiro atoms. The van der Waals surface area contributed by atoms with Gasteiger partial charge in [0.05, 0.1) is 22.6 Å². The minimum absolute atomic E-state index is 0.943. The highest BCUT2D eigenvalue weighted by Gasteiger charge is 2.19. The molecule has 3 nitrogen and oxygen atoms in total. The molecule has 1 aromatic carbocycles. The van der Waals surface area contributed by atoms with Gasteiger partial charge in [-0.2, -0.15) is 5.10 Å². The first kappa shape index (κ1) is 17.5. The van der Waals surface area contributed by atoms with Crippen molar-refractivity contribution in [2.24, 2.45) is 0 Å². The Balaban J connectivity index is 2.33. The number of benzene rings is 1. The molecule has 0 radical (unpaired) electrons. The van der Waals surface area contributed by atoms with Gasteiger partial charge in [-0.25, -0.2) is 4.52 Å². The summed E-state index contributed by atoms with van der Waals surface area (Å²) in [6.07, 6.45) is 0.943. The number of aryl methyl sites for hydroxylation is 4. The lowest BCUT2D eigenvalue weighted by atomic mass is 9.97. The van der Waals surface area contributed by atoms with Crippen molar-refractivity contribution in [2.45, 2.75) is 48.0 Å². The first-order valence-corrected chi connectivity index (χ1v) is 9.35. The molecule has 0 saturated carbocycles. The summed E-state index contributed by atoms with van der Waals surface area (Å²) in [6, 6.07) is 11.1. The fourth-order valence-electron chi connectivity index (χ4n) is 4.00. The standard InChI is InChI=1S/C22H29N3/c1-7-18-22(24(8-2)9-3)20-12-10-11-19(25(20)23-18)21-16(5)13-15(4)14-17(21)6/h10-14H,7-9H2,1-6H3. The molecule has 0 saturated heterocycles. The van der Waals surface area contributed by atoms with Crippen LogP contribution in [0.2, 0.25) is 0 Å².